The monoisotopic (exact) mass is 253 g/mol. The van der Waals surface area contributed by atoms with Crippen LogP contribution in [0.15, 0.2) is 18.3 Å². The van der Waals surface area contributed by atoms with E-state index in [2.05, 4.69) is 9.72 Å². The largest absolute Gasteiger partial charge is 0.465 e. The van der Waals surface area contributed by atoms with E-state index in [4.69, 9.17) is 11.6 Å². The fourth-order valence-corrected chi connectivity index (χ4v) is 1.89. The van der Waals surface area contributed by atoms with Crippen LogP contribution in [0.4, 0.5) is 4.39 Å². The fourth-order valence-electron chi connectivity index (χ4n) is 1.62. The number of benzene rings is 1. The molecular formula is C12H9ClFNO2. The minimum absolute atomic E-state index is 0.131. The maximum atomic E-state index is 13.6. The molecule has 0 bridgehead atoms. The Hall–Kier alpha value is -1.68. The summed E-state index contributed by atoms with van der Waals surface area (Å²) in [5.74, 6) is -1.05. The van der Waals surface area contributed by atoms with E-state index in [9.17, 15) is 9.18 Å². The van der Waals surface area contributed by atoms with Crippen molar-refractivity contribution in [1.29, 1.82) is 0 Å². The van der Waals surface area contributed by atoms with Crippen LogP contribution in [0, 0.1) is 12.7 Å². The molecule has 0 atom stereocenters. The number of esters is 1. The smallest absolute Gasteiger partial charge is 0.340 e. The molecule has 1 heterocycles. The molecule has 0 saturated heterocycles. The number of methoxy groups -OCH3 is 1. The van der Waals surface area contributed by atoms with Crippen molar-refractivity contribution in [3.63, 3.8) is 0 Å². The Morgan fingerprint density at radius 3 is 2.82 bits per heavy atom. The van der Waals surface area contributed by atoms with Crippen molar-refractivity contribution in [2.24, 2.45) is 0 Å². The van der Waals surface area contributed by atoms with Crippen LogP contribution in [-0.4, -0.2) is 18.1 Å². The molecular weight excluding hydrogens is 245 g/mol. The van der Waals surface area contributed by atoms with Gasteiger partial charge in [0.05, 0.1) is 17.7 Å². The molecule has 2 aromatic rings. The van der Waals surface area contributed by atoms with Gasteiger partial charge in [-0.25, -0.2) is 9.18 Å². The Labute approximate surface area is 102 Å². The summed E-state index contributed by atoms with van der Waals surface area (Å²) in [4.78, 5) is 15.3. The average molecular weight is 254 g/mol. The highest BCUT2D eigenvalue weighted by molar-refractivity contribution is 6.38. The summed E-state index contributed by atoms with van der Waals surface area (Å²) in [6, 6.07) is 3.05. The molecule has 2 rings (SSSR count). The zero-order valence-electron chi connectivity index (χ0n) is 9.25. The standard InChI is InChI=1S/C12H9ClFNO2/c1-6-3-7-10(13)8(12(16)17-2)5-15-11(7)9(14)4-6/h3-5H,1-2H3. The Balaban J connectivity index is 2.79. The van der Waals surface area contributed by atoms with E-state index in [1.54, 1.807) is 13.0 Å². The van der Waals surface area contributed by atoms with Crippen LogP contribution >= 0.6 is 11.6 Å². The highest BCUT2D eigenvalue weighted by atomic mass is 35.5. The molecule has 0 aliphatic rings. The van der Waals surface area contributed by atoms with E-state index < -0.39 is 11.8 Å². The van der Waals surface area contributed by atoms with Gasteiger partial charge < -0.3 is 4.74 Å². The number of halogens is 2. The average Bonchev–Trinajstić information content (AvgIpc) is 2.29. The zero-order chi connectivity index (χ0) is 12.6. The third-order valence-corrected chi connectivity index (χ3v) is 2.82. The molecule has 0 radical (unpaired) electrons. The summed E-state index contributed by atoms with van der Waals surface area (Å²) < 4.78 is 18.2. The normalized spacial score (nSPS) is 10.6. The van der Waals surface area contributed by atoms with Crippen LogP contribution in [-0.2, 0) is 4.74 Å². The van der Waals surface area contributed by atoms with Gasteiger partial charge in [-0.05, 0) is 24.6 Å². The van der Waals surface area contributed by atoms with Crippen molar-refractivity contribution in [3.05, 3.63) is 40.3 Å². The lowest BCUT2D eigenvalue weighted by molar-refractivity contribution is 0.0600. The zero-order valence-corrected chi connectivity index (χ0v) is 10.0. The molecule has 0 aliphatic heterocycles. The summed E-state index contributed by atoms with van der Waals surface area (Å²) in [6.07, 6.45) is 1.22. The maximum Gasteiger partial charge on any atom is 0.340 e. The Bertz CT molecular complexity index is 613. The molecule has 0 fully saturated rings. The lowest BCUT2D eigenvalue weighted by Gasteiger charge is -2.07. The van der Waals surface area contributed by atoms with Gasteiger partial charge in [0.25, 0.3) is 0 Å². The third kappa shape index (κ3) is 1.96. The van der Waals surface area contributed by atoms with Crippen LogP contribution in [0.1, 0.15) is 15.9 Å². The van der Waals surface area contributed by atoms with E-state index in [0.29, 0.717) is 10.9 Å². The van der Waals surface area contributed by atoms with Gasteiger partial charge in [0, 0.05) is 11.6 Å². The maximum absolute atomic E-state index is 13.6. The predicted molar refractivity (Wildman–Crippen MR) is 62.8 cm³/mol. The number of aromatic nitrogens is 1. The lowest BCUT2D eigenvalue weighted by Crippen LogP contribution is -2.03. The van der Waals surface area contributed by atoms with Gasteiger partial charge >= 0.3 is 5.97 Å². The second-order valence-electron chi connectivity index (χ2n) is 3.62. The first kappa shape index (κ1) is 11.8. The SMILES string of the molecule is COC(=O)c1cnc2c(F)cc(C)cc2c1Cl. The van der Waals surface area contributed by atoms with Crippen LogP contribution in [0.25, 0.3) is 10.9 Å². The number of carbonyl (C=O) groups is 1. The molecule has 17 heavy (non-hydrogen) atoms. The van der Waals surface area contributed by atoms with Crippen molar-refractivity contribution in [2.75, 3.05) is 7.11 Å². The van der Waals surface area contributed by atoms with Gasteiger partial charge in [-0.15, -0.1) is 0 Å². The topological polar surface area (TPSA) is 39.2 Å². The van der Waals surface area contributed by atoms with Gasteiger partial charge in [0.15, 0.2) is 0 Å². The molecule has 1 aromatic heterocycles. The summed E-state index contributed by atoms with van der Waals surface area (Å²) >= 11 is 6.05. The van der Waals surface area contributed by atoms with Gasteiger partial charge in [-0.2, -0.15) is 0 Å². The van der Waals surface area contributed by atoms with Crippen molar-refractivity contribution < 1.29 is 13.9 Å². The quantitative estimate of drug-likeness (QED) is 0.733. The van der Waals surface area contributed by atoms with Gasteiger partial charge in [0.2, 0.25) is 0 Å². The Morgan fingerprint density at radius 1 is 1.47 bits per heavy atom. The highest BCUT2D eigenvalue weighted by Crippen LogP contribution is 2.28. The number of pyridine rings is 1. The van der Waals surface area contributed by atoms with Crippen LogP contribution < -0.4 is 0 Å². The molecule has 0 spiro atoms. The Kier molecular flexibility index (Phi) is 2.98. The second-order valence-corrected chi connectivity index (χ2v) is 4.00. The fraction of sp³-hybridized carbons (Fsp3) is 0.167. The number of nitrogens with zero attached hydrogens (tertiary/aromatic N) is 1. The van der Waals surface area contributed by atoms with E-state index in [1.165, 1.54) is 19.4 Å². The van der Waals surface area contributed by atoms with Crippen molar-refractivity contribution in [1.82, 2.24) is 4.98 Å². The number of ether oxygens (including phenoxy) is 1. The van der Waals surface area contributed by atoms with E-state index in [-0.39, 0.29) is 16.1 Å². The molecule has 0 unspecified atom stereocenters. The van der Waals surface area contributed by atoms with E-state index in [1.807, 2.05) is 0 Å². The van der Waals surface area contributed by atoms with E-state index >= 15 is 0 Å². The molecule has 5 heteroatoms. The Morgan fingerprint density at radius 2 is 2.18 bits per heavy atom. The van der Waals surface area contributed by atoms with Crippen LogP contribution in [0.2, 0.25) is 5.02 Å². The first-order valence-corrected chi connectivity index (χ1v) is 5.25. The van der Waals surface area contributed by atoms with Crippen molar-refractivity contribution in [2.45, 2.75) is 6.92 Å². The lowest BCUT2D eigenvalue weighted by atomic mass is 10.1. The summed E-state index contributed by atoms with van der Waals surface area (Å²) in [6.45, 7) is 1.74. The first-order valence-electron chi connectivity index (χ1n) is 4.87. The predicted octanol–water partition coefficient (Wildman–Crippen LogP) is 3.12. The number of rotatable bonds is 1. The van der Waals surface area contributed by atoms with Gasteiger partial charge in [-0.1, -0.05) is 11.6 Å². The van der Waals surface area contributed by atoms with Crippen molar-refractivity contribution >= 4 is 28.5 Å². The number of hydrogen-bond donors (Lipinski definition) is 0. The third-order valence-electron chi connectivity index (χ3n) is 2.41. The second kappa shape index (κ2) is 4.30. The van der Waals surface area contributed by atoms with E-state index in [0.717, 1.165) is 0 Å². The highest BCUT2D eigenvalue weighted by Gasteiger charge is 2.16. The molecule has 0 aliphatic carbocycles. The van der Waals surface area contributed by atoms with Crippen molar-refractivity contribution in [3.8, 4) is 0 Å². The summed E-state index contributed by atoms with van der Waals surface area (Å²) in [5, 5.41) is 0.566. The molecule has 3 nitrogen and oxygen atoms in total. The van der Waals surface area contributed by atoms with Crippen LogP contribution in [0.5, 0.6) is 0 Å². The van der Waals surface area contributed by atoms with Gasteiger partial charge in [0.1, 0.15) is 11.3 Å². The molecule has 1 aromatic carbocycles. The number of hydrogen-bond acceptors (Lipinski definition) is 3. The molecule has 0 N–H and O–H groups in total. The first-order chi connectivity index (χ1) is 8.04. The summed E-state index contributed by atoms with van der Waals surface area (Å²) in [5.41, 5.74) is 0.987. The number of fused-ring (bicyclic) bond motifs is 1. The van der Waals surface area contributed by atoms with Gasteiger partial charge in [-0.3, -0.25) is 4.98 Å². The molecule has 0 saturated carbocycles. The minimum atomic E-state index is -0.591. The molecule has 88 valence electrons. The number of carbonyl (C=O) groups excluding carboxylic acids is 1. The summed E-state index contributed by atoms with van der Waals surface area (Å²) in [7, 11) is 1.25. The van der Waals surface area contributed by atoms with Crippen LogP contribution in [0.3, 0.4) is 0 Å². The number of aryl methyl sites for hydroxylation is 1. The minimum Gasteiger partial charge on any atom is -0.465 e. The molecule has 0 amide bonds.